The zero-order chi connectivity index (χ0) is 12.7. The molecule has 1 N–H and O–H groups in total. The van der Waals surface area contributed by atoms with E-state index in [4.69, 9.17) is 0 Å². The molecular weight excluding hydrogens is 210 g/mol. The van der Waals surface area contributed by atoms with E-state index in [1.807, 2.05) is 0 Å². The third kappa shape index (κ3) is 2.83. The van der Waals surface area contributed by atoms with Gasteiger partial charge in [0.05, 0.1) is 0 Å². The highest BCUT2D eigenvalue weighted by Crippen LogP contribution is 2.36. The summed E-state index contributed by atoms with van der Waals surface area (Å²) in [4.78, 5) is 5.37. The van der Waals surface area contributed by atoms with Crippen LogP contribution < -0.4 is 5.32 Å². The van der Waals surface area contributed by atoms with Crippen molar-refractivity contribution in [2.75, 3.05) is 32.7 Å². The van der Waals surface area contributed by atoms with Gasteiger partial charge in [0.25, 0.3) is 0 Å². The number of likely N-dealkylation sites (tertiary alicyclic amines) is 1. The van der Waals surface area contributed by atoms with Gasteiger partial charge in [-0.2, -0.15) is 0 Å². The van der Waals surface area contributed by atoms with Crippen molar-refractivity contribution in [1.82, 2.24) is 15.1 Å². The summed E-state index contributed by atoms with van der Waals surface area (Å²) in [5.74, 6) is 0. The number of nitrogens with zero attached hydrogens (tertiary/aromatic N) is 2. The Morgan fingerprint density at radius 1 is 1.12 bits per heavy atom. The molecule has 0 bridgehead atoms. The first kappa shape index (κ1) is 13.3. The molecule has 2 saturated heterocycles. The molecule has 1 unspecified atom stereocenters. The van der Waals surface area contributed by atoms with Crippen LogP contribution in [0.5, 0.6) is 0 Å². The minimum Gasteiger partial charge on any atom is -0.314 e. The van der Waals surface area contributed by atoms with E-state index in [1.165, 1.54) is 26.1 Å². The van der Waals surface area contributed by atoms with Gasteiger partial charge in [0.2, 0.25) is 0 Å². The van der Waals surface area contributed by atoms with Crippen molar-refractivity contribution >= 4 is 0 Å². The smallest absolute Gasteiger partial charge is 0.0242 e. The van der Waals surface area contributed by atoms with Gasteiger partial charge in [0.15, 0.2) is 0 Å². The Morgan fingerprint density at radius 2 is 1.71 bits per heavy atom. The fourth-order valence-corrected chi connectivity index (χ4v) is 3.68. The molecule has 2 aliphatic heterocycles. The average molecular weight is 239 g/mol. The number of hydrogen-bond acceptors (Lipinski definition) is 3. The first-order valence-electron chi connectivity index (χ1n) is 7.03. The summed E-state index contributed by atoms with van der Waals surface area (Å²) in [6.07, 6.45) is 1.31. The van der Waals surface area contributed by atoms with E-state index in [-0.39, 0.29) is 5.54 Å². The minimum atomic E-state index is 0.284. The lowest BCUT2D eigenvalue weighted by Crippen LogP contribution is -2.51. The van der Waals surface area contributed by atoms with Crippen LogP contribution in [0.15, 0.2) is 0 Å². The predicted octanol–water partition coefficient (Wildman–Crippen LogP) is 1.54. The monoisotopic (exact) mass is 239 g/mol. The second-order valence-electron chi connectivity index (χ2n) is 7.24. The van der Waals surface area contributed by atoms with Crippen LogP contribution >= 0.6 is 0 Å². The fraction of sp³-hybridized carbons (Fsp3) is 1.00. The van der Waals surface area contributed by atoms with E-state index in [0.29, 0.717) is 5.54 Å². The predicted molar refractivity (Wildman–Crippen MR) is 73.4 cm³/mol. The zero-order valence-electron chi connectivity index (χ0n) is 12.2. The molecule has 100 valence electrons. The van der Waals surface area contributed by atoms with Gasteiger partial charge >= 0.3 is 0 Å². The summed E-state index contributed by atoms with van der Waals surface area (Å²) < 4.78 is 0. The summed E-state index contributed by atoms with van der Waals surface area (Å²) in [5, 5.41) is 3.45. The Hall–Kier alpha value is -0.120. The van der Waals surface area contributed by atoms with Crippen LogP contribution in [0.3, 0.4) is 0 Å². The first-order valence-corrected chi connectivity index (χ1v) is 7.03. The van der Waals surface area contributed by atoms with Gasteiger partial charge in [0, 0.05) is 49.8 Å². The summed E-state index contributed by atoms with van der Waals surface area (Å²) in [6, 6.07) is 0.756. The average Bonchev–Trinajstić information content (AvgIpc) is 2.55. The summed E-state index contributed by atoms with van der Waals surface area (Å²) in [6.45, 7) is 17.8. The maximum atomic E-state index is 3.45. The Morgan fingerprint density at radius 3 is 2.18 bits per heavy atom. The van der Waals surface area contributed by atoms with Crippen molar-refractivity contribution in [3.05, 3.63) is 0 Å². The highest BCUT2D eigenvalue weighted by molar-refractivity contribution is 5.02. The molecule has 0 radical (unpaired) electrons. The van der Waals surface area contributed by atoms with Crippen LogP contribution in [-0.2, 0) is 0 Å². The molecule has 0 aromatic carbocycles. The topological polar surface area (TPSA) is 18.5 Å². The molecule has 17 heavy (non-hydrogen) atoms. The number of piperazine rings is 1. The molecule has 0 aliphatic carbocycles. The molecule has 2 fully saturated rings. The van der Waals surface area contributed by atoms with E-state index in [9.17, 15) is 0 Å². The quantitative estimate of drug-likeness (QED) is 0.749. The lowest BCUT2D eigenvalue weighted by molar-refractivity contribution is 0.0648. The lowest BCUT2D eigenvalue weighted by atomic mass is 9.95. The Balaban J connectivity index is 2.04. The zero-order valence-corrected chi connectivity index (χ0v) is 12.2. The second-order valence-corrected chi connectivity index (χ2v) is 7.24. The van der Waals surface area contributed by atoms with Crippen molar-refractivity contribution in [3.63, 3.8) is 0 Å². The molecule has 0 saturated carbocycles. The summed E-state index contributed by atoms with van der Waals surface area (Å²) in [5.41, 5.74) is 0.625. The van der Waals surface area contributed by atoms with Crippen LogP contribution in [0, 0.1) is 0 Å². The molecule has 0 spiro atoms. The summed E-state index contributed by atoms with van der Waals surface area (Å²) >= 11 is 0. The van der Waals surface area contributed by atoms with Gasteiger partial charge in [-0.3, -0.25) is 9.80 Å². The third-order valence-corrected chi connectivity index (χ3v) is 4.34. The molecule has 2 aliphatic rings. The van der Waals surface area contributed by atoms with E-state index >= 15 is 0 Å². The normalized spacial score (nSPS) is 31.9. The Bertz CT molecular complexity index is 261. The molecule has 1 atom stereocenters. The van der Waals surface area contributed by atoms with E-state index in [1.54, 1.807) is 0 Å². The van der Waals surface area contributed by atoms with Crippen LogP contribution in [0.1, 0.15) is 41.0 Å². The largest absolute Gasteiger partial charge is 0.314 e. The van der Waals surface area contributed by atoms with Crippen LogP contribution in [0.4, 0.5) is 0 Å². The summed E-state index contributed by atoms with van der Waals surface area (Å²) in [7, 11) is 0. The molecule has 2 heterocycles. The van der Waals surface area contributed by atoms with Gasteiger partial charge in [-0.25, -0.2) is 0 Å². The number of rotatable bonds is 1. The van der Waals surface area contributed by atoms with Gasteiger partial charge in [-0.1, -0.05) is 0 Å². The first-order chi connectivity index (χ1) is 7.81. The molecule has 3 heteroatoms. The van der Waals surface area contributed by atoms with Crippen LogP contribution in [-0.4, -0.2) is 59.6 Å². The fourth-order valence-electron chi connectivity index (χ4n) is 3.68. The molecule has 0 amide bonds. The standard InChI is InChI=1S/C14H29N3/c1-13(2,3)17-11-12(10-14(17,4)5)16-8-6-15-7-9-16/h12,15H,6-11H2,1-5H3. The molecular formula is C14H29N3. The van der Waals surface area contributed by atoms with Crippen molar-refractivity contribution in [2.45, 2.75) is 58.2 Å². The Labute approximate surface area is 107 Å². The lowest BCUT2D eigenvalue weighted by Gasteiger charge is -2.42. The minimum absolute atomic E-state index is 0.284. The highest BCUT2D eigenvalue weighted by atomic mass is 15.3. The van der Waals surface area contributed by atoms with E-state index in [2.05, 4.69) is 49.7 Å². The van der Waals surface area contributed by atoms with Crippen molar-refractivity contribution in [2.24, 2.45) is 0 Å². The number of nitrogens with one attached hydrogen (secondary N) is 1. The van der Waals surface area contributed by atoms with Gasteiger partial charge in [-0.15, -0.1) is 0 Å². The molecule has 0 aromatic heterocycles. The third-order valence-electron chi connectivity index (χ3n) is 4.34. The van der Waals surface area contributed by atoms with Gasteiger partial charge in [-0.05, 0) is 41.0 Å². The Kier molecular flexibility index (Phi) is 3.54. The second kappa shape index (κ2) is 4.52. The van der Waals surface area contributed by atoms with Crippen molar-refractivity contribution < 1.29 is 0 Å². The highest BCUT2D eigenvalue weighted by Gasteiger charge is 2.45. The van der Waals surface area contributed by atoms with Gasteiger partial charge < -0.3 is 5.32 Å². The maximum absolute atomic E-state index is 3.45. The van der Waals surface area contributed by atoms with E-state index in [0.717, 1.165) is 19.1 Å². The molecule has 2 rings (SSSR count). The SMILES string of the molecule is CC(C)(C)N1CC(N2CCNCC2)CC1(C)C. The maximum Gasteiger partial charge on any atom is 0.0242 e. The number of hydrogen-bond donors (Lipinski definition) is 1. The van der Waals surface area contributed by atoms with Crippen molar-refractivity contribution in [1.29, 1.82) is 0 Å². The van der Waals surface area contributed by atoms with Crippen LogP contribution in [0.25, 0.3) is 0 Å². The molecule has 3 nitrogen and oxygen atoms in total. The van der Waals surface area contributed by atoms with Crippen molar-refractivity contribution in [3.8, 4) is 0 Å². The van der Waals surface area contributed by atoms with Crippen LogP contribution in [0.2, 0.25) is 0 Å². The van der Waals surface area contributed by atoms with Gasteiger partial charge in [0.1, 0.15) is 0 Å². The van der Waals surface area contributed by atoms with E-state index < -0.39 is 0 Å². The molecule has 0 aromatic rings.